The SMILES string of the molecule is CCOC(=O)COc1ccc(C(=O)CC(C(=O)OCC)C(=O)c2ccc(C(=N)N)cc2)cc1.O=CO. The second-order valence-electron chi connectivity index (χ2n) is 7.01. The number of benzene rings is 2. The minimum absolute atomic E-state index is 0.0621. The number of nitrogen functional groups attached to an aromatic ring is 1. The lowest BCUT2D eigenvalue weighted by atomic mass is 9.90. The van der Waals surface area contributed by atoms with Crippen LogP contribution in [0.3, 0.4) is 0 Å². The van der Waals surface area contributed by atoms with Gasteiger partial charge in [0.05, 0.1) is 13.2 Å². The number of carbonyl (C=O) groups is 5. The maximum absolute atomic E-state index is 13.0. The van der Waals surface area contributed by atoms with Crippen molar-refractivity contribution in [3.63, 3.8) is 0 Å². The Morgan fingerprint density at radius 1 is 0.917 bits per heavy atom. The zero-order valence-electron chi connectivity index (χ0n) is 19.9. The number of ketones is 2. The lowest BCUT2D eigenvalue weighted by Gasteiger charge is -2.15. The molecule has 0 spiro atoms. The summed E-state index contributed by atoms with van der Waals surface area (Å²) in [6, 6.07) is 11.9. The molecule has 2 aromatic rings. The molecule has 0 aliphatic rings. The summed E-state index contributed by atoms with van der Waals surface area (Å²) in [5, 5.41) is 14.3. The molecule has 0 amide bonds. The predicted molar refractivity (Wildman–Crippen MR) is 128 cm³/mol. The predicted octanol–water partition coefficient (Wildman–Crippen LogP) is 2.25. The van der Waals surface area contributed by atoms with Crippen molar-refractivity contribution >= 4 is 35.8 Å². The van der Waals surface area contributed by atoms with Crippen molar-refractivity contribution in [1.29, 1.82) is 5.41 Å². The average Bonchev–Trinajstić information content (AvgIpc) is 2.86. The number of Topliss-reactive ketones (excluding diaryl/α,β-unsaturated/α-hetero) is 2. The van der Waals surface area contributed by atoms with Crippen molar-refractivity contribution in [2.24, 2.45) is 11.7 Å². The third kappa shape index (κ3) is 9.37. The van der Waals surface area contributed by atoms with Crippen LogP contribution in [0.4, 0.5) is 0 Å². The fraction of sp³-hybridized carbons (Fsp3) is 0.280. The maximum atomic E-state index is 13.0. The van der Waals surface area contributed by atoms with Gasteiger partial charge in [0.15, 0.2) is 18.2 Å². The quantitative estimate of drug-likeness (QED) is 0.0975. The zero-order valence-corrected chi connectivity index (χ0v) is 19.9. The molecular formula is C25H28N2O9. The fourth-order valence-corrected chi connectivity index (χ4v) is 2.93. The minimum Gasteiger partial charge on any atom is -0.483 e. The van der Waals surface area contributed by atoms with Crippen molar-refractivity contribution in [3.05, 3.63) is 65.2 Å². The van der Waals surface area contributed by atoms with E-state index in [4.69, 9.17) is 35.3 Å². The first-order valence-electron chi connectivity index (χ1n) is 10.8. The molecule has 1 unspecified atom stereocenters. The van der Waals surface area contributed by atoms with Crippen LogP contribution < -0.4 is 10.5 Å². The Balaban J connectivity index is 0.00000205. The van der Waals surface area contributed by atoms with Gasteiger partial charge in [-0.15, -0.1) is 0 Å². The molecule has 0 saturated carbocycles. The van der Waals surface area contributed by atoms with E-state index in [0.29, 0.717) is 11.3 Å². The number of nitrogens with one attached hydrogen (secondary N) is 1. The molecule has 0 fully saturated rings. The van der Waals surface area contributed by atoms with Gasteiger partial charge < -0.3 is 25.1 Å². The largest absolute Gasteiger partial charge is 0.483 e. The molecule has 36 heavy (non-hydrogen) atoms. The van der Waals surface area contributed by atoms with Gasteiger partial charge in [-0.25, -0.2) is 4.79 Å². The van der Waals surface area contributed by atoms with Crippen LogP contribution in [0.5, 0.6) is 5.75 Å². The molecule has 11 nitrogen and oxygen atoms in total. The number of amidine groups is 1. The molecule has 0 aromatic heterocycles. The van der Waals surface area contributed by atoms with E-state index < -0.39 is 29.4 Å². The average molecular weight is 501 g/mol. The molecule has 0 heterocycles. The molecule has 0 radical (unpaired) electrons. The summed E-state index contributed by atoms with van der Waals surface area (Å²) in [5.74, 6) is -3.40. The van der Waals surface area contributed by atoms with Crippen molar-refractivity contribution < 1.29 is 43.3 Å². The number of carbonyl (C=O) groups excluding carboxylic acids is 4. The standard InChI is InChI=1S/C24H26N2O7.CH2O2/c1-3-31-21(28)14-33-18-11-9-15(10-12-18)20(27)13-19(24(30)32-4-2)22(29)16-5-7-17(8-6-16)23(25)26;2-1-3/h5-12,19H,3-4,13-14H2,1-2H3,(H3,25,26);1H,(H,2,3). The first kappa shape index (κ1) is 29.5. The van der Waals surface area contributed by atoms with E-state index in [1.54, 1.807) is 13.8 Å². The monoisotopic (exact) mass is 500 g/mol. The highest BCUT2D eigenvalue weighted by atomic mass is 16.6. The van der Waals surface area contributed by atoms with Crippen molar-refractivity contribution in [1.82, 2.24) is 0 Å². The normalized spacial score (nSPS) is 10.6. The van der Waals surface area contributed by atoms with Crippen molar-refractivity contribution in [3.8, 4) is 5.75 Å². The van der Waals surface area contributed by atoms with Crippen LogP contribution >= 0.6 is 0 Å². The van der Waals surface area contributed by atoms with Crippen LogP contribution in [-0.4, -0.2) is 60.7 Å². The van der Waals surface area contributed by atoms with E-state index in [1.807, 2.05) is 0 Å². The van der Waals surface area contributed by atoms with Crippen LogP contribution in [-0.2, 0) is 23.9 Å². The van der Waals surface area contributed by atoms with E-state index in [0.717, 1.165) is 0 Å². The Kier molecular flexibility index (Phi) is 12.6. The third-order valence-electron chi connectivity index (χ3n) is 4.60. The molecule has 4 N–H and O–H groups in total. The maximum Gasteiger partial charge on any atom is 0.344 e. The molecule has 1 atom stereocenters. The zero-order chi connectivity index (χ0) is 27.1. The molecule has 0 aliphatic heterocycles. The summed E-state index contributed by atoms with van der Waals surface area (Å²) in [7, 11) is 0. The van der Waals surface area contributed by atoms with Crippen LogP contribution in [0.25, 0.3) is 0 Å². The Morgan fingerprint density at radius 2 is 1.42 bits per heavy atom. The molecule has 2 rings (SSSR count). The topological polar surface area (TPSA) is 183 Å². The fourth-order valence-electron chi connectivity index (χ4n) is 2.93. The molecule has 0 bridgehead atoms. The Hall–Kier alpha value is -4.54. The van der Waals surface area contributed by atoms with Crippen LogP contribution in [0.2, 0.25) is 0 Å². The van der Waals surface area contributed by atoms with Gasteiger partial charge in [0.2, 0.25) is 0 Å². The Bertz CT molecular complexity index is 1060. The van der Waals surface area contributed by atoms with Crippen LogP contribution in [0.15, 0.2) is 48.5 Å². The molecule has 192 valence electrons. The number of nitrogens with two attached hydrogens (primary N) is 1. The number of rotatable bonds is 12. The van der Waals surface area contributed by atoms with Crippen molar-refractivity contribution in [2.75, 3.05) is 19.8 Å². The summed E-state index contributed by atoms with van der Waals surface area (Å²) in [6.07, 6.45) is -0.380. The van der Waals surface area contributed by atoms with Gasteiger partial charge in [0, 0.05) is 23.1 Å². The highest BCUT2D eigenvalue weighted by Gasteiger charge is 2.31. The van der Waals surface area contributed by atoms with Gasteiger partial charge >= 0.3 is 11.9 Å². The number of hydrogen-bond donors (Lipinski definition) is 3. The lowest BCUT2D eigenvalue weighted by molar-refractivity contribution is -0.146. The Labute approximate surface area is 207 Å². The molecule has 0 saturated heterocycles. The highest BCUT2D eigenvalue weighted by molar-refractivity contribution is 6.12. The molecule has 2 aromatic carbocycles. The number of hydrogen-bond acceptors (Lipinski definition) is 9. The molecule has 0 aliphatic carbocycles. The summed E-state index contributed by atoms with van der Waals surface area (Å²) >= 11 is 0. The van der Waals surface area contributed by atoms with Gasteiger partial charge in [-0.2, -0.15) is 0 Å². The minimum atomic E-state index is -1.32. The first-order valence-corrected chi connectivity index (χ1v) is 10.8. The van der Waals surface area contributed by atoms with E-state index in [2.05, 4.69) is 0 Å². The van der Waals surface area contributed by atoms with Gasteiger partial charge in [-0.1, -0.05) is 24.3 Å². The summed E-state index contributed by atoms with van der Waals surface area (Å²) in [5.41, 5.74) is 6.33. The second kappa shape index (κ2) is 15.4. The lowest BCUT2D eigenvalue weighted by Crippen LogP contribution is -2.29. The highest BCUT2D eigenvalue weighted by Crippen LogP contribution is 2.20. The van der Waals surface area contributed by atoms with E-state index >= 15 is 0 Å². The van der Waals surface area contributed by atoms with Crippen LogP contribution in [0, 0.1) is 11.3 Å². The van der Waals surface area contributed by atoms with E-state index in [9.17, 15) is 19.2 Å². The van der Waals surface area contributed by atoms with Crippen LogP contribution in [0.1, 0.15) is 46.5 Å². The molecular weight excluding hydrogens is 472 g/mol. The summed E-state index contributed by atoms with van der Waals surface area (Å²) < 4.78 is 15.1. The Morgan fingerprint density at radius 3 is 1.92 bits per heavy atom. The number of esters is 2. The number of ether oxygens (including phenoxy) is 3. The second-order valence-corrected chi connectivity index (χ2v) is 7.01. The third-order valence-corrected chi connectivity index (χ3v) is 4.60. The van der Waals surface area contributed by atoms with Crippen molar-refractivity contribution in [2.45, 2.75) is 20.3 Å². The van der Waals surface area contributed by atoms with E-state index in [1.165, 1.54) is 48.5 Å². The molecule has 11 heteroatoms. The first-order chi connectivity index (χ1) is 17.2. The van der Waals surface area contributed by atoms with Gasteiger partial charge in [0.1, 0.15) is 17.5 Å². The van der Waals surface area contributed by atoms with Gasteiger partial charge in [0.25, 0.3) is 6.47 Å². The summed E-state index contributed by atoms with van der Waals surface area (Å²) in [6.45, 7) is 3.10. The summed E-state index contributed by atoms with van der Waals surface area (Å²) in [4.78, 5) is 57.9. The smallest absolute Gasteiger partial charge is 0.344 e. The van der Waals surface area contributed by atoms with Gasteiger partial charge in [-0.05, 0) is 38.1 Å². The van der Waals surface area contributed by atoms with Gasteiger partial charge in [-0.3, -0.25) is 24.6 Å². The van der Waals surface area contributed by atoms with E-state index in [-0.39, 0.29) is 49.7 Å². The number of carboxylic acid groups (broad SMARTS) is 1.